The van der Waals surface area contributed by atoms with Crippen LogP contribution in [0.25, 0.3) is 10.8 Å². The summed E-state index contributed by atoms with van der Waals surface area (Å²) in [5.74, 6) is 0.954. The molecule has 1 heteroatoms. The third-order valence-electron chi connectivity index (χ3n) is 3.78. The van der Waals surface area contributed by atoms with Gasteiger partial charge in [0.15, 0.2) is 0 Å². The van der Waals surface area contributed by atoms with Gasteiger partial charge in [0.2, 0.25) is 0 Å². The lowest BCUT2D eigenvalue weighted by Gasteiger charge is -2.32. The largest absolute Gasteiger partial charge is 0.385 e. The van der Waals surface area contributed by atoms with Crippen molar-refractivity contribution in [2.75, 3.05) is 0 Å². The van der Waals surface area contributed by atoms with Crippen LogP contribution in [0.2, 0.25) is 0 Å². The summed E-state index contributed by atoms with van der Waals surface area (Å²) >= 11 is 0. The smallest absolute Gasteiger partial charge is 0.0901 e. The zero-order valence-electron chi connectivity index (χ0n) is 13.1. The molecule has 1 nitrogen and oxygen atoms in total. The predicted octanol–water partition coefficient (Wildman–Crippen LogP) is 5.12. The van der Waals surface area contributed by atoms with Crippen LogP contribution in [0.15, 0.2) is 42.5 Å². The third kappa shape index (κ3) is 3.40. The van der Waals surface area contributed by atoms with Crippen molar-refractivity contribution in [2.45, 2.75) is 46.1 Å². The number of aliphatic hydroxyl groups is 1. The maximum atomic E-state index is 11.2. The minimum atomic E-state index is -0.716. The Balaban J connectivity index is 2.44. The van der Waals surface area contributed by atoms with Crippen LogP contribution in [0.1, 0.15) is 46.1 Å². The molecule has 0 aromatic heterocycles. The first kappa shape index (κ1) is 15.1. The summed E-state index contributed by atoms with van der Waals surface area (Å²) in [6, 6.07) is 14.7. The van der Waals surface area contributed by atoms with E-state index in [1.165, 1.54) is 10.8 Å². The molecule has 0 amide bonds. The molecule has 0 aliphatic carbocycles. The Bertz CT molecular complexity index is 559. The Labute approximate surface area is 122 Å². The van der Waals surface area contributed by atoms with E-state index in [1.54, 1.807) is 0 Å². The van der Waals surface area contributed by atoms with Gasteiger partial charge in [-0.15, -0.1) is 0 Å². The number of hydrogen-bond acceptors (Lipinski definition) is 1. The lowest BCUT2D eigenvalue weighted by Crippen LogP contribution is -2.29. The van der Waals surface area contributed by atoms with Crippen LogP contribution in [0, 0.1) is 11.8 Å². The number of rotatable bonds is 5. The third-order valence-corrected chi connectivity index (χ3v) is 3.78. The van der Waals surface area contributed by atoms with E-state index >= 15 is 0 Å². The van der Waals surface area contributed by atoms with Gasteiger partial charge in [0.25, 0.3) is 0 Å². The van der Waals surface area contributed by atoms with Crippen molar-refractivity contribution in [2.24, 2.45) is 11.8 Å². The fourth-order valence-electron chi connectivity index (χ4n) is 3.15. The minimum absolute atomic E-state index is 0.477. The van der Waals surface area contributed by atoms with E-state index in [1.807, 2.05) is 0 Å². The highest BCUT2D eigenvalue weighted by atomic mass is 16.3. The molecule has 0 saturated heterocycles. The quantitative estimate of drug-likeness (QED) is 0.799. The Morgan fingerprint density at radius 3 is 1.95 bits per heavy atom. The van der Waals surface area contributed by atoms with Gasteiger partial charge < -0.3 is 5.11 Å². The van der Waals surface area contributed by atoms with Crippen molar-refractivity contribution in [3.8, 4) is 0 Å². The maximum absolute atomic E-state index is 11.2. The van der Waals surface area contributed by atoms with Crippen LogP contribution in [0.4, 0.5) is 0 Å². The van der Waals surface area contributed by atoms with Gasteiger partial charge in [-0.05, 0) is 47.1 Å². The highest BCUT2D eigenvalue weighted by molar-refractivity contribution is 5.83. The molecule has 0 heterocycles. The zero-order valence-corrected chi connectivity index (χ0v) is 13.1. The lowest BCUT2D eigenvalue weighted by molar-refractivity contribution is -0.00438. The Hall–Kier alpha value is -1.34. The SMILES string of the molecule is CC(C)CC(O)(CC(C)C)c1ccc2ccccc2c1. The van der Waals surface area contributed by atoms with Gasteiger partial charge >= 0.3 is 0 Å². The molecule has 2 aromatic carbocycles. The first-order valence-corrected chi connectivity index (χ1v) is 7.62. The van der Waals surface area contributed by atoms with Crippen molar-refractivity contribution in [3.05, 3.63) is 48.0 Å². The number of fused-ring (bicyclic) bond motifs is 1. The Kier molecular flexibility index (Phi) is 4.49. The fraction of sp³-hybridized carbons (Fsp3) is 0.474. The van der Waals surface area contributed by atoms with Gasteiger partial charge in [-0.3, -0.25) is 0 Å². The summed E-state index contributed by atoms with van der Waals surface area (Å²) < 4.78 is 0. The van der Waals surface area contributed by atoms with Gasteiger partial charge in [0.05, 0.1) is 5.60 Å². The average molecular weight is 270 g/mol. The standard InChI is InChI=1S/C19H26O/c1-14(2)12-19(20,13-15(3)4)18-10-9-16-7-5-6-8-17(16)11-18/h5-11,14-15,20H,12-13H2,1-4H3. The molecule has 0 radical (unpaired) electrons. The van der Waals surface area contributed by atoms with Gasteiger partial charge in [0.1, 0.15) is 0 Å². The van der Waals surface area contributed by atoms with Crippen molar-refractivity contribution in [1.82, 2.24) is 0 Å². The molecule has 0 spiro atoms. The highest BCUT2D eigenvalue weighted by Gasteiger charge is 2.31. The molecule has 2 aromatic rings. The molecule has 2 rings (SSSR count). The molecular formula is C19H26O. The first-order valence-electron chi connectivity index (χ1n) is 7.62. The second-order valence-electron chi connectivity index (χ2n) is 6.79. The summed E-state index contributed by atoms with van der Waals surface area (Å²) in [5.41, 5.74) is 0.338. The van der Waals surface area contributed by atoms with Crippen LogP contribution >= 0.6 is 0 Å². The molecule has 0 aliphatic rings. The topological polar surface area (TPSA) is 20.2 Å². The van der Waals surface area contributed by atoms with E-state index in [-0.39, 0.29) is 0 Å². The first-order chi connectivity index (χ1) is 9.40. The van der Waals surface area contributed by atoms with E-state index in [9.17, 15) is 5.11 Å². The van der Waals surface area contributed by atoms with E-state index < -0.39 is 5.60 Å². The molecule has 0 saturated carbocycles. The second-order valence-corrected chi connectivity index (χ2v) is 6.79. The van der Waals surface area contributed by atoms with Crippen LogP contribution in [-0.4, -0.2) is 5.11 Å². The van der Waals surface area contributed by atoms with Gasteiger partial charge in [0, 0.05) is 0 Å². The number of benzene rings is 2. The number of hydrogen-bond donors (Lipinski definition) is 1. The van der Waals surface area contributed by atoms with Crippen molar-refractivity contribution >= 4 is 10.8 Å². The zero-order chi connectivity index (χ0) is 14.8. The van der Waals surface area contributed by atoms with E-state index in [2.05, 4.69) is 70.2 Å². The van der Waals surface area contributed by atoms with E-state index in [4.69, 9.17) is 0 Å². The molecule has 1 N–H and O–H groups in total. The molecule has 0 bridgehead atoms. The monoisotopic (exact) mass is 270 g/mol. The molecule has 0 atom stereocenters. The Morgan fingerprint density at radius 2 is 1.40 bits per heavy atom. The van der Waals surface area contributed by atoms with Gasteiger partial charge in [-0.2, -0.15) is 0 Å². The normalized spacial score (nSPS) is 12.6. The summed E-state index contributed by atoms with van der Waals surface area (Å²) in [5, 5.41) is 13.6. The molecule has 0 fully saturated rings. The maximum Gasteiger partial charge on any atom is 0.0901 e. The summed E-state index contributed by atoms with van der Waals surface area (Å²) in [6.45, 7) is 8.69. The van der Waals surface area contributed by atoms with Crippen LogP contribution < -0.4 is 0 Å². The predicted molar refractivity (Wildman–Crippen MR) is 86.8 cm³/mol. The van der Waals surface area contributed by atoms with Crippen molar-refractivity contribution < 1.29 is 5.11 Å². The van der Waals surface area contributed by atoms with Gasteiger partial charge in [-0.1, -0.05) is 64.1 Å². The summed E-state index contributed by atoms with van der Waals surface area (Å²) in [7, 11) is 0. The van der Waals surface area contributed by atoms with E-state index in [0.717, 1.165) is 18.4 Å². The molecule has 108 valence electrons. The Morgan fingerprint density at radius 1 is 0.850 bits per heavy atom. The average Bonchev–Trinajstić information content (AvgIpc) is 2.36. The summed E-state index contributed by atoms with van der Waals surface area (Å²) in [4.78, 5) is 0. The van der Waals surface area contributed by atoms with Crippen LogP contribution in [0.3, 0.4) is 0 Å². The lowest BCUT2D eigenvalue weighted by atomic mass is 9.79. The second kappa shape index (κ2) is 5.97. The van der Waals surface area contributed by atoms with Crippen LogP contribution in [0.5, 0.6) is 0 Å². The van der Waals surface area contributed by atoms with E-state index in [0.29, 0.717) is 11.8 Å². The fourth-order valence-corrected chi connectivity index (χ4v) is 3.15. The van der Waals surface area contributed by atoms with Crippen LogP contribution in [-0.2, 0) is 5.60 Å². The van der Waals surface area contributed by atoms with Crippen molar-refractivity contribution in [1.29, 1.82) is 0 Å². The summed E-state index contributed by atoms with van der Waals surface area (Å²) in [6.07, 6.45) is 1.62. The molecule has 20 heavy (non-hydrogen) atoms. The molecule has 0 unspecified atom stereocenters. The highest BCUT2D eigenvalue weighted by Crippen LogP contribution is 2.36. The molecular weight excluding hydrogens is 244 g/mol. The van der Waals surface area contributed by atoms with Gasteiger partial charge in [-0.25, -0.2) is 0 Å². The molecule has 0 aliphatic heterocycles. The van der Waals surface area contributed by atoms with Crippen molar-refractivity contribution in [3.63, 3.8) is 0 Å². The minimum Gasteiger partial charge on any atom is -0.385 e.